The monoisotopic (exact) mass is 352 g/mol. The zero-order valence-electron chi connectivity index (χ0n) is 14.7. The summed E-state index contributed by atoms with van der Waals surface area (Å²) >= 11 is 0. The van der Waals surface area contributed by atoms with Gasteiger partial charge in [0.2, 0.25) is 5.91 Å². The van der Waals surface area contributed by atoms with Gasteiger partial charge in [-0.05, 0) is 30.9 Å². The lowest BCUT2D eigenvalue weighted by Gasteiger charge is -2.19. The van der Waals surface area contributed by atoms with Gasteiger partial charge in [0.05, 0.1) is 0 Å². The van der Waals surface area contributed by atoms with E-state index in [9.17, 15) is 9.59 Å². The summed E-state index contributed by atoms with van der Waals surface area (Å²) in [4.78, 5) is 26.3. The van der Waals surface area contributed by atoms with E-state index in [-0.39, 0.29) is 24.1 Å². The molecule has 1 amide bonds. The second kappa shape index (κ2) is 10.5. The van der Waals surface area contributed by atoms with Gasteiger partial charge in [-0.1, -0.05) is 38.1 Å². The molecule has 1 aromatic carbocycles. The van der Waals surface area contributed by atoms with E-state index in [4.69, 9.17) is 0 Å². The van der Waals surface area contributed by atoms with Crippen molar-refractivity contribution in [2.75, 3.05) is 26.2 Å². The molecule has 24 heavy (non-hydrogen) atoms. The first-order valence-electron chi connectivity index (χ1n) is 8.67. The van der Waals surface area contributed by atoms with E-state index in [0.29, 0.717) is 24.3 Å². The molecule has 1 N–H and O–H groups in total. The minimum absolute atomic E-state index is 0. The maximum Gasteiger partial charge on any atom is 0.223 e. The van der Waals surface area contributed by atoms with Gasteiger partial charge >= 0.3 is 0 Å². The van der Waals surface area contributed by atoms with Crippen LogP contribution in [0.5, 0.6) is 0 Å². The zero-order valence-corrected chi connectivity index (χ0v) is 15.5. The van der Waals surface area contributed by atoms with Crippen LogP contribution in [0.25, 0.3) is 0 Å². The number of hydrogen-bond acceptors (Lipinski definition) is 3. The Morgan fingerprint density at radius 2 is 1.79 bits per heavy atom. The Morgan fingerprint density at radius 3 is 2.46 bits per heavy atom. The van der Waals surface area contributed by atoms with Gasteiger partial charge in [-0.15, -0.1) is 12.4 Å². The molecular weight excluding hydrogens is 324 g/mol. The molecule has 0 bridgehead atoms. The highest BCUT2D eigenvalue weighted by atomic mass is 35.5. The molecule has 0 radical (unpaired) electrons. The first-order valence-corrected chi connectivity index (χ1v) is 8.67. The van der Waals surface area contributed by atoms with Crippen LogP contribution in [0, 0.1) is 5.92 Å². The predicted octanol–water partition coefficient (Wildman–Crippen LogP) is 3.09. The Balaban J connectivity index is 0.00000288. The Labute approximate surface area is 151 Å². The summed E-state index contributed by atoms with van der Waals surface area (Å²) in [6.07, 6.45) is 2.62. The molecule has 1 fully saturated rings. The van der Waals surface area contributed by atoms with Crippen LogP contribution in [0.2, 0.25) is 0 Å². The van der Waals surface area contributed by atoms with Crippen molar-refractivity contribution >= 4 is 24.1 Å². The SMILES string of the molecule is CC(C)Cc1ccc(C(=O)CCC(=O)N2CCCNCC2)cc1.Cl. The van der Waals surface area contributed by atoms with Crippen LogP contribution in [0.1, 0.15) is 49.0 Å². The fourth-order valence-corrected chi connectivity index (χ4v) is 2.92. The van der Waals surface area contributed by atoms with Gasteiger partial charge in [-0.25, -0.2) is 0 Å². The van der Waals surface area contributed by atoms with Crippen LogP contribution in [0.3, 0.4) is 0 Å². The number of benzene rings is 1. The maximum atomic E-state index is 12.3. The number of halogens is 1. The number of Topliss-reactive ketones (excluding diaryl/α,β-unsaturated/α-hetero) is 1. The van der Waals surface area contributed by atoms with Gasteiger partial charge in [0.1, 0.15) is 0 Å². The first-order chi connectivity index (χ1) is 11.1. The Bertz CT molecular complexity index is 521. The number of rotatable bonds is 6. The van der Waals surface area contributed by atoms with Crippen LogP contribution >= 0.6 is 12.4 Å². The van der Waals surface area contributed by atoms with E-state index < -0.39 is 0 Å². The summed E-state index contributed by atoms with van der Waals surface area (Å²) in [5.74, 6) is 0.762. The quantitative estimate of drug-likeness (QED) is 0.800. The van der Waals surface area contributed by atoms with E-state index in [1.807, 2.05) is 29.2 Å². The topological polar surface area (TPSA) is 49.4 Å². The lowest BCUT2D eigenvalue weighted by molar-refractivity contribution is -0.130. The number of carbonyl (C=O) groups is 2. The van der Waals surface area contributed by atoms with Crippen molar-refractivity contribution in [2.45, 2.75) is 39.5 Å². The largest absolute Gasteiger partial charge is 0.341 e. The number of carbonyl (C=O) groups excluding carboxylic acids is 2. The lowest BCUT2D eigenvalue weighted by Crippen LogP contribution is -2.34. The van der Waals surface area contributed by atoms with Crippen molar-refractivity contribution in [3.8, 4) is 0 Å². The average molecular weight is 353 g/mol. The van der Waals surface area contributed by atoms with Crippen LogP contribution < -0.4 is 5.32 Å². The molecule has 1 saturated heterocycles. The third-order valence-corrected chi connectivity index (χ3v) is 4.18. The van der Waals surface area contributed by atoms with E-state index in [1.54, 1.807) is 0 Å². The predicted molar refractivity (Wildman–Crippen MR) is 99.9 cm³/mol. The average Bonchev–Trinajstić information content (AvgIpc) is 2.81. The van der Waals surface area contributed by atoms with Crippen molar-refractivity contribution < 1.29 is 9.59 Å². The molecular formula is C19H29ClN2O2. The van der Waals surface area contributed by atoms with E-state index in [1.165, 1.54) is 5.56 Å². The summed E-state index contributed by atoms with van der Waals surface area (Å²) in [6.45, 7) is 7.72. The smallest absolute Gasteiger partial charge is 0.223 e. The Morgan fingerprint density at radius 1 is 1.08 bits per heavy atom. The zero-order chi connectivity index (χ0) is 16.7. The van der Waals surface area contributed by atoms with Crippen molar-refractivity contribution in [1.29, 1.82) is 0 Å². The van der Waals surface area contributed by atoms with Gasteiger partial charge in [0, 0.05) is 38.0 Å². The van der Waals surface area contributed by atoms with Crippen molar-refractivity contribution in [1.82, 2.24) is 10.2 Å². The highest BCUT2D eigenvalue weighted by molar-refractivity contribution is 5.98. The molecule has 134 valence electrons. The van der Waals surface area contributed by atoms with Crippen LogP contribution in [-0.4, -0.2) is 42.8 Å². The van der Waals surface area contributed by atoms with Crippen LogP contribution in [0.15, 0.2) is 24.3 Å². The van der Waals surface area contributed by atoms with Gasteiger partial charge in [-0.3, -0.25) is 9.59 Å². The van der Waals surface area contributed by atoms with Gasteiger partial charge in [-0.2, -0.15) is 0 Å². The number of nitrogens with one attached hydrogen (secondary N) is 1. The third kappa shape index (κ3) is 6.62. The minimum Gasteiger partial charge on any atom is -0.341 e. The van der Waals surface area contributed by atoms with Gasteiger partial charge in [0.25, 0.3) is 0 Å². The first kappa shape index (κ1) is 20.7. The summed E-state index contributed by atoms with van der Waals surface area (Å²) in [5.41, 5.74) is 1.97. The summed E-state index contributed by atoms with van der Waals surface area (Å²) < 4.78 is 0. The van der Waals surface area contributed by atoms with Crippen LogP contribution in [-0.2, 0) is 11.2 Å². The van der Waals surface area contributed by atoms with Crippen LogP contribution in [0.4, 0.5) is 0 Å². The molecule has 1 aliphatic rings. The fraction of sp³-hybridized carbons (Fsp3) is 0.579. The molecule has 2 rings (SSSR count). The van der Waals surface area contributed by atoms with Crippen molar-refractivity contribution in [3.05, 3.63) is 35.4 Å². The molecule has 1 aliphatic heterocycles. The molecule has 0 unspecified atom stereocenters. The molecule has 0 aromatic heterocycles. The van der Waals surface area contributed by atoms with Crippen molar-refractivity contribution in [3.63, 3.8) is 0 Å². The third-order valence-electron chi connectivity index (χ3n) is 4.18. The second-order valence-electron chi connectivity index (χ2n) is 6.70. The normalized spacial score (nSPS) is 14.9. The van der Waals surface area contributed by atoms with E-state index >= 15 is 0 Å². The highest BCUT2D eigenvalue weighted by Crippen LogP contribution is 2.12. The summed E-state index contributed by atoms with van der Waals surface area (Å²) in [5, 5.41) is 3.28. The molecule has 1 aromatic rings. The lowest BCUT2D eigenvalue weighted by atomic mass is 9.99. The molecule has 0 saturated carbocycles. The number of ketones is 1. The van der Waals surface area contributed by atoms with E-state index in [2.05, 4.69) is 19.2 Å². The number of nitrogens with zero attached hydrogens (tertiary/aromatic N) is 1. The second-order valence-corrected chi connectivity index (χ2v) is 6.70. The van der Waals surface area contributed by atoms with E-state index in [0.717, 1.165) is 39.0 Å². The molecule has 4 nitrogen and oxygen atoms in total. The summed E-state index contributed by atoms with van der Waals surface area (Å²) in [6, 6.07) is 7.83. The standard InChI is InChI=1S/C19H28N2O2.ClH/c1-15(2)14-16-4-6-17(7-5-16)18(22)8-9-19(23)21-12-3-10-20-11-13-21;/h4-7,15,20H,3,8-14H2,1-2H3;1H. The minimum atomic E-state index is 0. The maximum absolute atomic E-state index is 12.3. The molecule has 1 heterocycles. The Kier molecular flexibility index (Phi) is 9.01. The molecule has 0 atom stereocenters. The fourth-order valence-electron chi connectivity index (χ4n) is 2.92. The molecule has 0 aliphatic carbocycles. The molecule has 5 heteroatoms. The summed E-state index contributed by atoms with van der Waals surface area (Å²) in [7, 11) is 0. The van der Waals surface area contributed by atoms with Crippen molar-refractivity contribution in [2.24, 2.45) is 5.92 Å². The number of hydrogen-bond donors (Lipinski definition) is 1. The Hall–Kier alpha value is -1.39. The van der Waals surface area contributed by atoms with Gasteiger partial charge in [0.15, 0.2) is 5.78 Å². The number of amides is 1. The highest BCUT2D eigenvalue weighted by Gasteiger charge is 2.16. The van der Waals surface area contributed by atoms with Gasteiger partial charge < -0.3 is 10.2 Å². The molecule has 0 spiro atoms.